The summed E-state index contributed by atoms with van der Waals surface area (Å²) in [5.41, 5.74) is 0.973. The van der Waals surface area contributed by atoms with Gasteiger partial charge in [-0.05, 0) is 25.0 Å². The van der Waals surface area contributed by atoms with Crippen LogP contribution in [0, 0.1) is 0 Å². The normalized spacial score (nSPS) is 14.2. The Morgan fingerprint density at radius 1 is 1.45 bits per heavy atom. The van der Waals surface area contributed by atoms with Gasteiger partial charge in [0.25, 0.3) is 0 Å². The van der Waals surface area contributed by atoms with E-state index in [2.05, 4.69) is 26.2 Å². The molecule has 4 nitrogen and oxygen atoms in total. The number of aromatic nitrogens is 1. The molecule has 1 amide bonds. The Bertz CT molecular complexity index is 620. The van der Waals surface area contributed by atoms with Gasteiger partial charge in [0.15, 0.2) is 11.7 Å². The van der Waals surface area contributed by atoms with Crippen LogP contribution in [0.15, 0.2) is 39.4 Å². The SMILES string of the molecule is O=C(CCc1ncc(-c2cccc(Br)c2)o1)NC1CC1. The van der Waals surface area contributed by atoms with E-state index in [4.69, 9.17) is 4.42 Å². The molecule has 104 valence electrons. The number of hydrogen-bond acceptors (Lipinski definition) is 3. The number of oxazole rings is 1. The van der Waals surface area contributed by atoms with Gasteiger partial charge >= 0.3 is 0 Å². The lowest BCUT2D eigenvalue weighted by Crippen LogP contribution is -2.25. The molecule has 2 aromatic rings. The quantitative estimate of drug-likeness (QED) is 0.912. The number of benzene rings is 1. The van der Waals surface area contributed by atoms with E-state index < -0.39 is 0 Å². The predicted molar refractivity (Wildman–Crippen MR) is 79.1 cm³/mol. The number of carbonyl (C=O) groups is 1. The Morgan fingerprint density at radius 3 is 3.05 bits per heavy atom. The zero-order valence-corrected chi connectivity index (χ0v) is 12.5. The zero-order valence-electron chi connectivity index (χ0n) is 10.9. The molecule has 1 N–H and O–H groups in total. The molecular weight excluding hydrogens is 320 g/mol. The van der Waals surface area contributed by atoms with Crippen LogP contribution in [0.3, 0.4) is 0 Å². The fraction of sp³-hybridized carbons (Fsp3) is 0.333. The zero-order chi connectivity index (χ0) is 13.9. The Hall–Kier alpha value is -1.62. The maximum atomic E-state index is 11.6. The first-order valence-electron chi connectivity index (χ1n) is 6.71. The van der Waals surface area contributed by atoms with Gasteiger partial charge in [0.2, 0.25) is 5.91 Å². The van der Waals surface area contributed by atoms with Crippen LogP contribution in [0.4, 0.5) is 0 Å². The first kappa shape index (κ1) is 13.4. The average Bonchev–Trinajstić information content (AvgIpc) is 3.11. The standard InChI is InChI=1S/C15H15BrN2O2/c16-11-3-1-2-10(8-11)13-9-17-15(20-13)7-6-14(19)18-12-4-5-12/h1-3,8-9,12H,4-7H2,(H,18,19). The molecule has 1 aliphatic rings. The fourth-order valence-corrected chi connectivity index (χ4v) is 2.35. The molecule has 20 heavy (non-hydrogen) atoms. The summed E-state index contributed by atoms with van der Waals surface area (Å²) in [6.07, 6.45) is 4.88. The van der Waals surface area contributed by atoms with Crippen molar-refractivity contribution in [2.45, 2.75) is 31.7 Å². The Labute approximate surface area is 125 Å². The smallest absolute Gasteiger partial charge is 0.220 e. The number of rotatable bonds is 5. The van der Waals surface area contributed by atoms with Gasteiger partial charge in [-0.25, -0.2) is 4.98 Å². The summed E-state index contributed by atoms with van der Waals surface area (Å²) in [6, 6.07) is 8.26. The van der Waals surface area contributed by atoms with Crippen LogP contribution in [0.2, 0.25) is 0 Å². The first-order chi connectivity index (χ1) is 9.70. The lowest BCUT2D eigenvalue weighted by atomic mass is 10.2. The maximum Gasteiger partial charge on any atom is 0.220 e. The molecule has 1 fully saturated rings. The molecular formula is C15H15BrN2O2. The van der Waals surface area contributed by atoms with Crippen molar-refractivity contribution < 1.29 is 9.21 Å². The molecule has 1 aromatic heterocycles. The number of carbonyl (C=O) groups excluding carboxylic acids is 1. The molecule has 0 bridgehead atoms. The largest absolute Gasteiger partial charge is 0.441 e. The number of hydrogen-bond donors (Lipinski definition) is 1. The molecule has 0 atom stereocenters. The van der Waals surface area contributed by atoms with Gasteiger partial charge in [0.1, 0.15) is 0 Å². The van der Waals surface area contributed by atoms with Crippen molar-refractivity contribution in [2.75, 3.05) is 0 Å². The van der Waals surface area contributed by atoms with Crippen LogP contribution in [-0.4, -0.2) is 16.9 Å². The van der Waals surface area contributed by atoms with E-state index >= 15 is 0 Å². The minimum atomic E-state index is 0.0784. The van der Waals surface area contributed by atoms with Gasteiger partial charge in [0.05, 0.1) is 6.20 Å². The van der Waals surface area contributed by atoms with E-state index in [0.29, 0.717) is 24.8 Å². The minimum Gasteiger partial charge on any atom is -0.441 e. The van der Waals surface area contributed by atoms with Gasteiger partial charge in [-0.2, -0.15) is 0 Å². The first-order valence-corrected chi connectivity index (χ1v) is 7.50. The number of nitrogens with zero attached hydrogens (tertiary/aromatic N) is 1. The molecule has 1 saturated carbocycles. The van der Waals surface area contributed by atoms with Crippen molar-refractivity contribution in [3.8, 4) is 11.3 Å². The van der Waals surface area contributed by atoms with Crippen LogP contribution >= 0.6 is 15.9 Å². The van der Waals surface area contributed by atoms with Crippen molar-refractivity contribution in [3.05, 3.63) is 40.8 Å². The average molecular weight is 335 g/mol. The third kappa shape index (κ3) is 3.48. The summed E-state index contributed by atoms with van der Waals surface area (Å²) in [7, 11) is 0. The number of amides is 1. The van der Waals surface area contributed by atoms with Gasteiger partial charge < -0.3 is 9.73 Å². The number of aryl methyl sites for hydroxylation is 1. The van der Waals surface area contributed by atoms with Crippen molar-refractivity contribution in [2.24, 2.45) is 0 Å². The van der Waals surface area contributed by atoms with Crippen LogP contribution in [0.25, 0.3) is 11.3 Å². The molecule has 5 heteroatoms. The van der Waals surface area contributed by atoms with Crippen LogP contribution in [0.5, 0.6) is 0 Å². The predicted octanol–water partition coefficient (Wildman–Crippen LogP) is 3.32. The van der Waals surface area contributed by atoms with Gasteiger partial charge in [-0.15, -0.1) is 0 Å². The molecule has 0 aliphatic heterocycles. The highest BCUT2D eigenvalue weighted by Gasteiger charge is 2.23. The Morgan fingerprint density at radius 2 is 2.30 bits per heavy atom. The molecule has 3 rings (SSSR count). The van der Waals surface area contributed by atoms with E-state index in [1.54, 1.807) is 6.20 Å². The van der Waals surface area contributed by atoms with Gasteiger partial charge in [-0.1, -0.05) is 28.1 Å². The van der Waals surface area contributed by atoms with Crippen molar-refractivity contribution in [1.29, 1.82) is 0 Å². The highest BCUT2D eigenvalue weighted by molar-refractivity contribution is 9.10. The Balaban J connectivity index is 1.60. The number of nitrogens with one attached hydrogen (secondary N) is 1. The fourth-order valence-electron chi connectivity index (χ4n) is 1.95. The van der Waals surface area contributed by atoms with Crippen LogP contribution in [-0.2, 0) is 11.2 Å². The van der Waals surface area contributed by atoms with E-state index in [1.165, 1.54) is 0 Å². The van der Waals surface area contributed by atoms with Gasteiger partial charge in [0, 0.05) is 28.9 Å². The second kappa shape index (κ2) is 5.79. The number of halogens is 1. The molecule has 1 heterocycles. The summed E-state index contributed by atoms with van der Waals surface area (Å²) in [6.45, 7) is 0. The molecule has 0 unspecified atom stereocenters. The summed E-state index contributed by atoms with van der Waals surface area (Å²) < 4.78 is 6.68. The highest BCUT2D eigenvalue weighted by atomic mass is 79.9. The summed E-state index contributed by atoms with van der Waals surface area (Å²) in [4.78, 5) is 15.8. The van der Waals surface area contributed by atoms with E-state index in [0.717, 1.165) is 28.6 Å². The summed E-state index contributed by atoms with van der Waals surface area (Å²) >= 11 is 3.43. The van der Waals surface area contributed by atoms with Crippen LogP contribution < -0.4 is 5.32 Å². The lowest BCUT2D eigenvalue weighted by molar-refractivity contribution is -0.121. The second-order valence-electron chi connectivity index (χ2n) is 4.97. The van der Waals surface area contributed by atoms with Crippen molar-refractivity contribution >= 4 is 21.8 Å². The third-order valence-electron chi connectivity index (χ3n) is 3.17. The maximum absolute atomic E-state index is 11.6. The van der Waals surface area contributed by atoms with Crippen LogP contribution in [0.1, 0.15) is 25.2 Å². The minimum absolute atomic E-state index is 0.0784. The second-order valence-corrected chi connectivity index (χ2v) is 5.89. The van der Waals surface area contributed by atoms with Gasteiger partial charge in [-0.3, -0.25) is 4.79 Å². The molecule has 0 radical (unpaired) electrons. The highest BCUT2D eigenvalue weighted by Crippen LogP contribution is 2.24. The monoisotopic (exact) mass is 334 g/mol. The Kier molecular flexibility index (Phi) is 3.87. The van der Waals surface area contributed by atoms with Crippen molar-refractivity contribution in [3.63, 3.8) is 0 Å². The molecule has 1 aromatic carbocycles. The molecule has 0 spiro atoms. The van der Waals surface area contributed by atoms with Crippen molar-refractivity contribution in [1.82, 2.24) is 10.3 Å². The molecule has 0 saturated heterocycles. The third-order valence-corrected chi connectivity index (χ3v) is 3.66. The topological polar surface area (TPSA) is 55.1 Å². The van der Waals surface area contributed by atoms with E-state index in [-0.39, 0.29) is 5.91 Å². The summed E-state index contributed by atoms with van der Waals surface area (Å²) in [5, 5.41) is 2.96. The van der Waals surface area contributed by atoms with E-state index in [9.17, 15) is 4.79 Å². The molecule has 1 aliphatic carbocycles. The van der Waals surface area contributed by atoms with E-state index in [1.807, 2.05) is 24.3 Å². The summed E-state index contributed by atoms with van der Waals surface area (Å²) in [5.74, 6) is 1.41. The lowest BCUT2D eigenvalue weighted by Gasteiger charge is -2.00.